The van der Waals surface area contributed by atoms with Gasteiger partial charge in [-0.3, -0.25) is 9.59 Å². The van der Waals surface area contributed by atoms with Crippen molar-refractivity contribution >= 4 is 11.9 Å². The summed E-state index contributed by atoms with van der Waals surface area (Å²) in [7, 11) is 0. The lowest BCUT2D eigenvalue weighted by molar-refractivity contribution is -0.150. The van der Waals surface area contributed by atoms with Gasteiger partial charge in [-0.25, -0.2) is 0 Å². The van der Waals surface area contributed by atoms with Crippen molar-refractivity contribution < 1.29 is 19.4 Å². The lowest BCUT2D eigenvalue weighted by Gasteiger charge is -2.19. The minimum absolute atomic E-state index is 0.0171. The molecule has 1 unspecified atom stereocenters. The van der Waals surface area contributed by atoms with Crippen LogP contribution in [0.15, 0.2) is 48.5 Å². The van der Waals surface area contributed by atoms with Crippen molar-refractivity contribution in [3.8, 4) is 11.1 Å². The van der Waals surface area contributed by atoms with Gasteiger partial charge in [-0.05, 0) is 41.6 Å². The van der Waals surface area contributed by atoms with E-state index in [9.17, 15) is 9.59 Å². The highest BCUT2D eigenvalue weighted by molar-refractivity contribution is 5.79. The highest BCUT2D eigenvalue weighted by Gasteiger charge is 2.31. The van der Waals surface area contributed by atoms with Gasteiger partial charge in [-0.15, -0.1) is 0 Å². The molecule has 0 aromatic heterocycles. The van der Waals surface area contributed by atoms with E-state index in [0.717, 1.165) is 22.3 Å². The summed E-state index contributed by atoms with van der Waals surface area (Å²) in [6, 6.07) is 15.1. The minimum Gasteiger partial charge on any atom is -0.480 e. The summed E-state index contributed by atoms with van der Waals surface area (Å²) < 4.78 is 5.59. The summed E-state index contributed by atoms with van der Waals surface area (Å²) in [5.74, 6) is -2.23. The number of benzene rings is 2. The van der Waals surface area contributed by atoms with Crippen LogP contribution >= 0.6 is 0 Å². The predicted molar refractivity (Wildman–Crippen MR) is 102 cm³/mol. The van der Waals surface area contributed by atoms with Crippen LogP contribution in [0.5, 0.6) is 0 Å². The van der Waals surface area contributed by atoms with Crippen LogP contribution in [-0.4, -0.2) is 36.2 Å². The fourth-order valence-corrected chi connectivity index (χ4v) is 3.66. The van der Waals surface area contributed by atoms with Crippen molar-refractivity contribution in [2.45, 2.75) is 24.8 Å². The third kappa shape index (κ3) is 4.02. The second-order valence-electron chi connectivity index (χ2n) is 6.81. The largest absolute Gasteiger partial charge is 0.480 e. The first-order valence-electron chi connectivity index (χ1n) is 9.06. The number of nitrogens with two attached hydrogens (primary N) is 2. The van der Waals surface area contributed by atoms with Crippen LogP contribution in [0.25, 0.3) is 11.1 Å². The predicted octanol–water partition coefficient (Wildman–Crippen LogP) is 2.11. The quantitative estimate of drug-likeness (QED) is 0.615. The van der Waals surface area contributed by atoms with Crippen molar-refractivity contribution in [3.63, 3.8) is 0 Å². The summed E-state index contributed by atoms with van der Waals surface area (Å²) >= 11 is 0. The van der Waals surface area contributed by atoms with E-state index >= 15 is 0 Å². The van der Waals surface area contributed by atoms with Crippen LogP contribution in [-0.2, 0) is 14.3 Å². The number of carbonyl (C=O) groups is 2. The fraction of sp³-hybridized carbons (Fsp3) is 0.333. The summed E-state index contributed by atoms with van der Waals surface area (Å²) in [5.41, 5.74) is 15.7. The van der Waals surface area contributed by atoms with Crippen LogP contribution < -0.4 is 11.5 Å². The number of hydrogen-bond donors (Lipinski definition) is 3. The maximum absolute atomic E-state index is 12.5. The van der Waals surface area contributed by atoms with Gasteiger partial charge in [-0.2, -0.15) is 0 Å². The number of fused-ring (bicyclic) bond motifs is 3. The molecule has 0 heterocycles. The monoisotopic (exact) mass is 368 g/mol. The van der Waals surface area contributed by atoms with Gasteiger partial charge in [0.1, 0.15) is 12.6 Å². The molecule has 2 atom stereocenters. The minimum atomic E-state index is -1.14. The molecule has 142 valence electrons. The van der Waals surface area contributed by atoms with Crippen LogP contribution in [0.1, 0.15) is 29.9 Å². The standard InChI is InChI=1S/C21H24N2O4/c22-10-9-13(11-19(23)20(24)25)21(26)27-12-18-16-7-3-1-5-14(16)15-6-2-4-8-17(15)18/h1-8,13,18-19H,9-12,22-23H2,(H,24,25)/t13?,19-/m0/s1. The summed E-state index contributed by atoms with van der Waals surface area (Å²) in [4.78, 5) is 23.5. The molecule has 1 aliphatic rings. The Kier molecular flexibility index (Phi) is 5.88. The summed E-state index contributed by atoms with van der Waals surface area (Å²) in [6.45, 7) is 0.470. The lowest BCUT2D eigenvalue weighted by atomic mass is 9.96. The molecule has 0 radical (unpaired) electrons. The van der Waals surface area contributed by atoms with Crippen molar-refractivity contribution in [2.24, 2.45) is 17.4 Å². The average Bonchev–Trinajstić information content (AvgIpc) is 2.99. The van der Waals surface area contributed by atoms with Gasteiger partial charge in [0.2, 0.25) is 0 Å². The van der Waals surface area contributed by atoms with Gasteiger partial charge in [0, 0.05) is 5.92 Å². The summed E-state index contributed by atoms with van der Waals surface area (Å²) in [6.07, 6.45) is 0.362. The number of rotatable bonds is 8. The summed E-state index contributed by atoms with van der Waals surface area (Å²) in [5, 5.41) is 8.99. The van der Waals surface area contributed by atoms with E-state index in [2.05, 4.69) is 12.1 Å². The molecule has 5 N–H and O–H groups in total. The number of esters is 1. The fourth-order valence-electron chi connectivity index (χ4n) is 3.66. The normalized spacial score (nSPS) is 14.9. The molecule has 3 rings (SSSR count). The highest BCUT2D eigenvalue weighted by Crippen LogP contribution is 2.44. The van der Waals surface area contributed by atoms with Crippen molar-refractivity contribution in [1.29, 1.82) is 0 Å². The van der Waals surface area contributed by atoms with Crippen LogP contribution in [0.2, 0.25) is 0 Å². The van der Waals surface area contributed by atoms with Crippen molar-refractivity contribution in [2.75, 3.05) is 13.2 Å². The zero-order chi connectivity index (χ0) is 19.4. The Balaban J connectivity index is 1.73. The third-order valence-corrected chi connectivity index (χ3v) is 5.06. The molecule has 0 saturated carbocycles. The molecule has 0 fully saturated rings. The molecule has 0 aliphatic heterocycles. The van der Waals surface area contributed by atoms with E-state index in [1.807, 2.05) is 36.4 Å². The van der Waals surface area contributed by atoms with Gasteiger partial charge in [0.15, 0.2) is 0 Å². The second kappa shape index (κ2) is 8.33. The number of hydrogen-bond acceptors (Lipinski definition) is 5. The zero-order valence-corrected chi connectivity index (χ0v) is 15.0. The number of carboxylic acid groups (broad SMARTS) is 1. The van der Waals surface area contributed by atoms with Gasteiger partial charge in [0.25, 0.3) is 0 Å². The van der Waals surface area contributed by atoms with Gasteiger partial charge >= 0.3 is 11.9 Å². The first kappa shape index (κ1) is 19.1. The molecule has 0 bridgehead atoms. The SMILES string of the molecule is NCCC(C[C@H](N)C(=O)O)C(=O)OCC1c2ccccc2-c2ccccc21. The Morgan fingerprint density at radius 3 is 2.11 bits per heavy atom. The lowest BCUT2D eigenvalue weighted by Crippen LogP contribution is -2.36. The number of ether oxygens (including phenoxy) is 1. The van der Waals surface area contributed by atoms with E-state index < -0.39 is 23.9 Å². The Morgan fingerprint density at radius 1 is 1.04 bits per heavy atom. The first-order valence-corrected chi connectivity index (χ1v) is 9.06. The Bertz CT molecular complexity index is 791. The molecular weight excluding hydrogens is 344 g/mol. The molecule has 2 aromatic carbocycles. The molecule has 6 nitrogen and oxygen atoms in total. The molecule has 0 amide bonds. The Morgan fingerprint density at radius 2 is 1.59 bits per heavy atom. The number of aliphatic carboxylic acids is 1. The highest BCUT2D eigenvalue weighted by atomic mass is 16.5. The van der Waals surface area contributed by atoms with E-state index in [1.54, 1.807) is 0 Å². The first-order chi connectivity index (χ1) is 13.0. The molecular formula is C21H24N2O4. The van der Waals surface area contributed by atoms with Gasteiger partial charge in [-0.1, -0.05) is 48.5 Å². The van der Waals surface area contributed by atoms with E-state index in [0.29, 0.717) is 6.42 Å². The zero-order valence-electron chi connectivity index (χ0n) is 15.0. The number of carbonyl (C=O) groups excluding carboxylic acids is 1. The van der Waals surface area contributed by atoms with Crippen molar-refractivity contribution in [3.05, 3.63) is 59.7 Å². The topological polar surface area (TPSA) is 116 Å². The number of carboxylic acids is 1. The van der Waals surface area contributed by atoms with E-state index in [1.165, 1.54) is 0 Å². The van der Waals surface area contributed by atoms with E-state index in [4.69, 9.17) is 21.3 Å². The van der Waals surface area contributed by atoms with Gasteiger partial charge < -0.3 is 21.3 Å². The smallest absolute Gasteiger partial charge is 0.320 e. The van der Waals surface area contributed by atoms with Gasteiger partial charge in [0.05, 0.1) is 5.92 Å². The Labute approximate surface area is 158 Å². The van der Waals surface area contributed by atoms with E-state index in [-0.39, 0.29) is 25.5 Å². The molecule has 6 heteroatoms. The molecule has 2 aromatic rings. The maximum atomic E-state index is 12.5. The van der Waals surface area contributed by atoms with Crippen LogP contribution in [0.4, 0.5) is 0 Å². The molecule has 0 spiro atoms. The molecule has 27 heavy (non-hydrogen) atoms. The van der Waals surface area contributed by atoms with Crippen molar-refractivity contribution in [1.82, 2.24) is 0 Å². The average molecular weight is 368 g/mol. The van der Waals surface area contributed by atoms with Crippen LogP contribution in [0, 0.1) is 5.92 Å². The second-order valence-corrected chi connectivity index (χ2v) is 6.81. The maximum Gasteiger partial charge on any atom is 0.320 e. The van der Waals surface area contributed by atoms with Crippen LogP contribution in [0.3, 0.4) is 0 Å². The Hall–Kier alpha value is -2.70. The molecule has 0 saturated heterocycles. The molecule has 1 aliphatic carbocycles. The third-order valence-electron chi connectivity index (χ3n) is 5.06.